The summed E-state index contributed by atoms with van der Waals surface area (Å²) in [6.45, 7) is -0.0685. The summed E-state index contributed by atoms with van der Waals surface area (Å²) in [6.07, 6.45) is 0. The highest BCUT2D eigenvalue weighted by atomic mass is 32.1. The van der Waals surface area contributed by atoms with E-state index in [4.69, 9.17) is 9.47 Å². The molecule has 6 nitrogen and oxygen atoms in total. The molecule has 1 heterocycles. The van der Waals surface area contributed by atoms with Crippen LogP contribution in [-0.4, -0.2) is 25.1 Å². The molecule has 0 aliphatic carbocycles. The summed E-state index contributed by atoms with van der Waals surface area (Å²) in [5.74, 6) is -0.684. The second-order valence-corrected chi connectivity index (χ2v) is 6.51. The fraction of sp³-hybridized carbons (Fsp3) is 0.158. The van der Waals surface area contributed by atoms with E-state index in [2.05, 4.69) is 15.6 Å². The van der Waals surface area contributed by atoms with Gasteiger partial charge in [-0.1, -0.05) is 6.07 Å². The summed E-state index contributed by atoms with van der Waals surface area (Å²) in [4.78, 5) is 16.4. The molecule has 1 aromatic heterocycles. The van der Waals surface area contributed by atoms with Gasteiger partial charge in [-0.15, -0.1) is 11.3 Å². The Morgan fingerprint density at radius 3 is 2.61 bits per heavy atom. The molecule has 1 amide bonds. The molecule has 0 bridgehead atoms. The second kappa shape index (κ2) is 8.66. The minimum absolute atomic E-state index is 0.0685. The molecule has 2 N–H and O–H groups in total. The zero-order valence-corrected chi connectivity index (χ0v) is 15.9. The van der Waals surface area contributed by atoms with Crippen LogP contribution in [0.5, 0.6) is 11.5 Å². The van der Waals surface area contributed by atoms with Gasteiger partial charge < -0.3 is 20.1 Å². The number of ether oxygens (including phenoxy) is 2. The van der Waals surface area contributed by atoms with Crippen LogP contribution in [0.15, 0.2) is 41.8 Å². The predicted molar refractivity (Wildman–Crippen MR) is 102 cm³/mol. The number of aromatic nitrogens is 1. The summed E-state index contributed by atoms with van der Waals surface area (Å²) in [7, 11) is 3.09. The van der Waals surface area contributed by atoms with Gasteiger partial charge in [-0.3, -0.25) is 4.79 Å². The van der Waals surface area contributed by atoms with Gasteiger partial charge in [0.15, 0.2) is 16.6 Å². The Labute approximate surface area is 164 Å². The lowest BCUT2D eigenvalue weighted by Gasteiger charge is -2.09. The molecule has 0 saturated carbocycles. The first-order valence-electron chi connectivity index (χ1n) is 8.17. The van der Waals surface area contributed by atoms with Crippen LogP contribution < -0.4 is 20.1 Å². The number of methoxy groups -OCH3 is 2. The Bertz CT molecular complexity index is 994. The monoisotopic (exact) mass is 405 g/mol. The van der Waals surface area contributed by atoms with E-state index >= 15 is 0 Å². The molecule has 3 rings (SSSR count). The van der Waals surface area contributed by atoms with E-state index in [0.717, 1.165) is 12.1 Å². The SMILES string of the molecule is COc1ccc(Nc2nc(C(=O)NCc3ccc(F)cc3F)cs2)cc1OC. The van der Waals surface area contributed by atoms with E-state index < -0.39 is 17.5 Å². The highest BCUT2D eigenvalue weighted by Crippen LogP contribution is 2.31. The van der Waals surface area contributed by atoms with Gasteiger partial charge in [-0.05, 0) is 18.2 Å². The summed E-state index contributed by atoms with van der Waals surface area (Å²) in [5.41, 5.74) is 1.09. The maximum absolute atomic E-state index is 13.6. The van der Waals surface area contributed by atoms with Crippen molar-refractivity contribution in [1.29, 1.82) is 0 Å². The van der Waals surface area contributed by atoms with E-state index in [9.17, 15) is 13.6 Å². The molecule has 2 aromatic carbocycles. The maximum Gasteiger partial charge on any atom is 0.271 e. The largest absolute Gasteiger partial charge is 0.493 e. The third-order valence-electron chi connectivity index (χ3n) is 3.83. The zero-order valence-electron chi connectivity index (χ0n) is 15.1. The molecular formula is C19H17F2N3O3S. The van der Waals surface area contributed by atoms with Gasteiger partial charge in [0.25, 0.3) is 5.91 Å². The fourth-order valence-electron chi connectivity index (χ4n) is 2.40. The Morgan fingerprint density at radius 1 is 1.11 bits per heavy atom. The molecule has 0 aliphatic rings. The van der Waals surface area contributed by atoms with Crippen LogP contribution in [0, 0.1) is 11.6 Å². The minimum Gasteiger partial charge on any atom is -0.493 e. The number of carbonyl (C=O) groups is 1. The van der Waals surface area contributed by atoms with Crippen LogP contribution >= 0.6 is 11.3 Å². The molecule has 0 saturated heterocycles. The second-order valence-electron chi connectivity index (χ2n) is 5.65. The van der Waals surface area contributed by atoms with Crippen molar-refractivity contribution in [2.24, 2.45) is 0 Å². The van der Waals surface area contributed by atoms with Crippen molar-refractivity contribution in [3.05, 3.63) is 64.7 Å². The Hall–Kier alpha value is -3.20. The number of nitrogens with one attached hydrogen (secondary N) is 2. The number of benzene rings is 2. The molecule has 0 unspecified atom stereocenters. The van der Waals surface area contributed by atoms with Crippen molar-refractivity contribution in [1.82, 2.24) is 10.3 Å². The molecule has 28 heavy (non-hydrogen) atoms. The van der Waals surface area contributed by atoms with Crippen LogP contribution in [-0.2, 0) is 6.54 Å². The van der Waals surface area contributed by atoms with Crippen molar-refractivity contribution in [2.75, 3.05) is 19.5 Å². The van der Waals surface area contributed by atoms with Gasteiger partial charge >= 0.3 is 0 Å². The van der Waals surface area contributed by atoms with Crippen molar-refractivity contribution in [3.8, 4) is 11.5 Å². The van der Waals surface area contributed by atoms with Crippen molar-refractivity contribution in [3.63, 3.8) is 0 Å². The molecule has 0 aliphatic heterocycles. The lowest BCUT2D eigenvalue weighted by Crippen LogP contribution is -2.23. The average molecular weight is 405 g/mol. The molecule has 0 radical (unpaired) electrons. The van der Waals surface area contributed by atoms with E-state index in [1.165, 1.54) is 24.5 Å². The number of nitrogens with zero attached hydrogens (tertiary/aromatic N) is 1. The van der Waals surface area contributed by atoms with Crippen LogP contribution in [0.4, 0.5) is 19.6 Å². The smallest absolute Gasteiger partial charge is 0.271 e. The summed E-state index contributed by atoms with van der Waals surface area (Å²) < 4.78 is 37.0. The molecule has 0 atom stereocenters. The predicted octanol–water partition coefficient (Wildman–Crippen LogP) is 4.11. The van der Waals surface area contributed by atoms with Crippen LogP contribution in [0.25, 0.3) is 0 Å². The highest BCUT2D eigenvalue weighted by molar-refractivity contribution is 7.14. The highest BCUT2D eigenvalue weighted by Gasteiger charge is 2.13. The summed E-state index contributed by atoms with van der Waals surface area (Å²) in [5, 5.41) is 7.74. The van der Waals surface area contributed by atoms with Crippen LogP contribution in [0.3, 0.4) is 0 Å². The molecule has 0 fully saturated rings. The number of rotatable bonds is 7. The van der Waals surface area contributed by atoms with Crippen molar-refractivity contribution < 1.29 is 23.0 Å². The van der Waals surface area contributed by atoms with Crippen LogP contribution in [0.1, 0.15) is 16.1 Å². The molecule has 9 heteroatoms. The first-order valence-corrected chi connectivity index (χ1v) is 9.05. The Balaban J connectivity index is 1.64. The first-order chi connectivity index (χ1) is 13.5. The van der Waals surface area contributed by atoms with Crippen molar-refractivity contribution >= 4 is 28.1 Å². The Kier molecular flexibility index (Phi) is 6.05. The fourth-order valence-corrected chi connectivity index (χ4v) is 3.11. The quantitative estimate of drug-likeness (QED) is 0.619. The third kappa shape index (κ3) is 4.55. The standard InChI is InChI=1S/C19H17F2N3O3S/c1-26-16-6-5-13(8-17(16)27-2)23-19-24-15(10-28-19)18(25)22-9-11-3-4-12(20)7-14(11)21/h3-8,10H,9H2,1-2H3,(H,22,25)(H,23,24). The summed E-state index contributed by atoms with van der Waals surface area (Å²) >= 11 is 1.24. The van der Waals surface area contributed by atoms with Gasteiger partial charge in [0.05, 0.1) is 14.2 Å². The molecule has 146 valence electrons. The van der Waals surface area contributed by atoms with Crippen molar-refractivity contribution in [2.45, 2.75) is 6.54 Å². The number of thiazole rings is 1. The van der Waals surface area contributed by atoms with E-state index in [1.807, 2.05) is 0 Å². The summed E-state index contributed by atoms with van der Waals surface area (Å²) in [6, 6.07) is 8.49. The average Bonchev–Trinajstić information content (AvgIpc) is 3.15. The topological polar surface area (TPSA) is 72.5 Å². The normalized spacial score (nSPS) is 10.4. The number of amides is 1. The van der Waals surface area contributed by atoms with Gasteiger partial charge in [0, 0.05) is 35.3 Å². The number of anilines is 2. The van der Waals surface area contributed by atoms with E-state index in [0.29, 0.717) is 22.3 Å². The molecule has 3 aromatic rings. The third-order valence-corrected chi connectivity index (χ3v) is 4.58. The lowest BCUT2D eigenvalue weighted by atomic mass is 10.2. The number of carbonyl (C=O) groups excluding carboxylic acids is 1. The van der Waals surface area contributed by atoms with Gasteiger partial charge in [0.1, 0.15) is 17.3 Å². The van der Waals surface area contributed by atoms with E-state index in [-0.39, 0.29) is 17.8 Å². The Morgan fingerprint density at radius 2 is 1.89 bits per heavy atom. The molecule has 0 spiro atoms. The number of halogens is 2. The lowest BCUT2D eigenvalue weighted by molar-refractivity contribution is 0.0946. The number of hydrogen-bond donors (Lipinski definition) is 2. The first kappa shape index (κ1) is 19.6. The number of hydrogen-bond acceptors (Lipinski definition) is 6. The van der Waals surface area contributed by atoms with Gasteiger partial charge in [0.2, 0.25) is 0 Å². The van der Waals surface area contributed by atoms with Gasteiger partial charge in [-0.2, -0.15) is 0 Å². The van der Waals surface area contributed by atoms with Crippen LogP contribution in [0.2, 0.25) is 0 Å². The molecular weight excluding hydrogens is 388 g/mol. The zero-order chi connectivity index (χ0) is 20.1. The van der Waals surface area contributed by atoms with E-state index in [1.54, 1.807) is 30.7 Å². The maximum atomic E-state index is 13.6. The van der Waals surface area contributed by atoms with Gasteiger partial charge in [-0.25, -0.2) is 13.8 Å². The minimum atomic E-state index is -0.714.